The van der Waals surface area contributed by atoms with Crippen LogP contribution in [0.3, 0.4) is 0 Å². The molecule has 1 atom stereocenters. The van der Waals surface area contributed by atoms with Crippen LogP contribution in [0.25, 0.3) is 11.3 Å². The number of amides is 1. The molecule has 1 aliphatic heterocycles. The molecule has 3 aromatic rings. The van der Waals surface area contributed by atoms with Gasteiger partial charge in [-0.3, -0.25) is 4.79 Å². The summed E-state index contributed by atoms with van der Waals surface area (Å²) in [5, 5.41) is 19.4. The molecular weight excluding hydrogens is 558 g/mol. The third-order valence-corrected chi connectivity index (χ3v) is 9.24. The van der Waals surface area contributed by atoms with Gasteiger partial charge in [0.1, 0.15) is 0 Å². The maximum absolute atomic E-state index is 13.1. The van der Waals surface area contributed by atoms with Crippen LogP contribution < -0.4 is 16.0 Å². The van der Waals surface area contributed by atoms with E-state index in [0.29, 0.717) is 28.7 Å². The lowest BCUT2D eigenvalue weighted by Crippen LogP contribution is -2.45. The number of hydrogen-bond donors (Lipinski definition) is 4. The van der Waals surface area contributed by atoms with Crippen LogP contribution in [0.15, 0.2) is 48.7 Å². The molecule has 1 saturated carbocycles. The molecule has 2 fully saturated rings. The number of fused-ring (bicyclic) bond motifs is 1. The molecule has 6 rings (SSSR count). The van der Waals surface area contributed by atoms with E-state index in [4.69, 9.17) is 22.0 Å². The Bertz CT molecular complexity index is 1570. The van der Waals surface area contributed by atoms with Crippen LogP contribution >= 0.6 is 11.6 Å². The standard InChI is InChI=1S/C34H40ClN7O/c1-20-17-28(36)30(31(37-3)25-6-4-5-7-27(25)35)32-26(20)18-38-34(41-32)40-29-11-10-23(16-21(29)2)33(43)39-24-12-14-42(15-13-24)19-22-8-9-22/h4-7,10-11,16,18,20,22,24,36-37H,8-9,12-15,17,19H2,1-3H3,(H,39,43)(H,38,40,41)/b31-30+,36-28?. The van der Waals surface area contributed by atoms with Crippen molar-refractivity contribution < 1.29 is 4.79 Å². The van der Waals surface area contributed by atoms with Crippen LogP contribution in [0.1, 0.15) is 77.7 Å². The summed E-state index contributed by atoms with van der Waals surface area (Å²) in [5.74, 6) is 1.44. The lowest BCUT2D eigenvalue weighted by molar-refractivity contribution is 0.0909. The van der Waals surface area contributed by atoms with Gasteiger partial charge in [0.2, 0.25) is 5.95 Å². The summed E-state index contributed by atoms with van der Waals surface area (Å²) < 4.78 is 0. The molecule has 0 bridgehead atoms. The molecule has 2 aromatic carbocycles. The van der Waals surface area contributed by atoms with Crippen molar-refractivity contribution in [2.45, 2.75) is 57.9 Å². The fraction of sp³-hybridized carbons (Fsp3) is 0.412. The highest BCUT2D eigenvalue weighted by molar-refractivity contribution is 6.35. The lowest BCUT2D eigenvalue weighted by atomic mass is 9.81. The molecule has 1 unspecified atom stereocenters. The number of anilines is 2. The molecule has 1 saturated heterocycles. The summed E-state index contributed by atoms with van der Waals surface area (Å²) in [6.07, 6.45) is 7.21. The number of aromatic nitrogens is 2. The molecule has 4 N–H and O–H groups in total. The number of carbonyl (C=O) groups excluding carboxylic acids is 1. The Kier molecular flexibility index (Phi) is 8.50. The van der Waals surface area contributed by atoms with E-state index in [1.807, 2.05) is 62.6 Å². The molecule has 3 aliphatic rings. The first-order chi connectivity index (χ1) is 20.8. The summed E-state index contributed by atoms with van der Waals surface area (Å²) in [6.45, 7) is 7.43. The molecule has 2 heterocycles. The molecule has 224 valence electrons. The minimum atomic E-state index is -0.0261. The lowest BCUT2D eigenvalue weighted by Gasteiger charge is -2.32. The van der Waals surface area contributed by atoms with Crippen molar-refractivity contribution in [1.29, 1.82) is 5.41 Å². The number of rotatable bonds is 8. The van der Waals surface area contributed by atoms with E-state index in [1.165, 1.54) is 19.4 Å². The Morgan fingerprint density at radius 2 is 1.88 bits per heavy atom. The third-order valence-electron chi connectivity index (χ3n) is 8.91. The Morgan fingerprint density at radius 1 is 1.12 bits per heavy atom. The van der Waals surface area contributed by atoms with Gasteiger partial charge in [0.15, 0.2) is 0 Å². The average molecular weight is 598 g/mol. The van der Waals surface area contributed by atoms with Gasteiger partial charge in [0.05, 0.1) is 11.4 Å². The van der Waals surface area contributed by atoms with E-state index in [-0.39, 0.29) is 17.9 Å². The van der Waals surface area contributed by atoms with Gasteiger partial charge in [-0.15, -0.1) is 0 Å². The predicted octanol–water partition coefficient (Wildman–Crippen LogP) is 6.40. The van der Waals surface area contributed by atoms with E-state index >= 15 is 0 Å². The van der Waals surface area contributed by atoms with Crippen molar-refractivity contribution in [3.63, 3.8) is 0 Å². The molecule has 0 radical (unpaired) electrons. The highest BCUT2D eigenvalue weighted by Crippen LogP contribution is 2.39. The Balaban J connectivity index is 1.20. The zero-order chi connectivity index (χ0) is 30.1. The van der Waals surface area contributed by atoms with Crippen molar-refractivity contribution in [3.05, 3.63) is 81.6 Å². The molecule has 8 nitrogen and oxygen atoms in total. The zero-order valence-electron chi connectivity index (χ0n) is 25.1. The van der Waals surface area contributed by atoms with Gasteiger partial charge in [0, 0.05) is 77.6 Å². The Labute approximate surface area is 258 Å². The van der Waals surface area contributed by atoms with E-state index in [1.54, 1.807) is 0 Å². The average Bonchev–Trinajstić information content (AvgIpc) is 3.82. The quantitative estimate of drug-likeness (QED) is 0.239. The second-order valence-corrected chi connectivity index (χ2v) is 12.6. The number of benzene rings is 2. The van der Waals surface area contributed by atoms with Crippen molar-refractivity contribution in [1.82, 2.24) is 25.5 Å². The van der Waals surface area contributed by atoms with Gasteiger partial charge < -0.3 is 26.3 Å². The first kappa shape index (κ1) is 29.3. The van der Waals surface area contributed by atoms with Crippen molar-refractivity contribution in [2.24, 2.45) is 5.92 Å². The van der Waals surface area contributed by atoms with Gasteiger partial charge >= 0.3 is 0 Å². The fourth-order valence-corrected chi connectivity index (χ4v) is 6.49. The summed E-state index contributed by atoms with van der Waals surface area (Å²) in [5.41, 5.74) is 6.97. The molecule has 9 heteroatoms. The molecule has 2 aliphatic carbocycles. The number of piperidine rings is 1. The first-order valence-electron chi connectivity index (χ1n) is 15.3. The molecular formula is C34H40ClN7O. The van der Waals surface area contributed by atoms with Gasteiger partial charge in [-0.2, -0.15) is 0 Å². The van der Waals surface area contributed by atoms with E-state index in [0.717, 1.165) is 71.2 Å². The Morgan fingerprint density at radius 3 is 2.58 bits per heavy atom. The monoisotopic (exact) mass is 597 g/mol. The number of carbonyl (C=O) groups is 1. The molecule has 1 amide bonds. The summed E-state index contributed by atoms with van der Waals surface area (Å²) in [6, 6.07) is 13.5. The SMILES string of the molecule is CN/C(=C1\C(=N)CC(C)c2cnc(Nc3ccc(C(=O)NC4CCN(CC5CC5)CC4)cc3C)nc21)c1ccccc1Cl. The number of likely N-dealkylation sites (tertiary alicyclic amines) is 1. The topological polar surface area (TPSA) is 106 Å². The number of aryl methyl sites for hydroxylation is 1. The van der Waals surface area contributed by atoms with Crippen LogP contribution in [0.5, 0.6) is 0 Å². The number of halogens is 1. The number of hydrogen-bond acceptors (Lipinski definition) is 7. The van der Waals surface area contributed by atoms with Crippen molar-refractivity contribution >= 4 is 46.1 Å². The van der Waals surface area contributed by atoms with Crippen LogP contribution in [0, 0.1) is 18.3 Å². The molecule has 1 aromatic heterocycles. The third kappa shape index (κ3) is 6.45. The maximum atomic E-state index is 13.1. The second kappa shape index (κ2) is 12.5. The predicted molar refractivity (Wildman–Crippen MR) is 174 cm³/mol. The number of nitrogens with zero attached hydrogens (tertiary/aromatic N) is 3. The summed E-state index contributed by atoms with van der Waals surface area (Å²) >= 11 is 6.57. The van der Waals surface area contributed by atoms with Crippen molar-refractivity contribution in [3.8, 4) is 0 Å². The van der Waals surface area contributed by atoms with Crippen LogP contribution in [-0.2, 0) is 0 Å². The highest BCUT2D eigenvalue weighted by atomic mass is 35.5. The van der Waals surface area contributed by atoms with Gasteiger partial charge in [-0.25, -0.2) is 9.97 Å². The van der Waals surface area contributed by atoms with Gasteiger partial charge in [0.25, 0.3) is 5.91 Å². The second-order valence-electron chi connectivity index (χ2n) is 12.2. The van der Waals surface area contributed by atoms with Crippen LogP contribution in [0.2, 0.25) is 5.02 Å². The minimum Gasteiger partial charge on any atom is -0.387 e. The highest BCUT2D eigenvalue weighted by Gasteiger charge is 2.30. The Hall–Kier alpha value is -3.75. The van der Waals surface area contributed by atoms with Crippen LogP contribution in [-0.4, -0.2) is 59.2 Å². The number of allylic oxidation sites excluding steroid dienone is 1. The van der Waals surface area contributed by atoms with Crippen molar-refractivity contribution in [2.75, 3.05) is 32.0 Å². The van der Waals surface area contributed by atoms with E-state index in [9.17, 15) is 4.79 Å². The first-order valence-corrected chi connectivity index (χ1v) is 15.7. The summed E-state index contributed by atoms with van der Waals surface area (Å²) in [4.78, 5) is 25.2. The zero-order valence-corrected chi connectivity index (χ0v) is 25.9. The van der Waals surface area contributed by atoms with E-state index < -0.39 is 0 Å². The fourth-order valence-electron chi connectivity index (χ4n) is 6.26. The maximum Gasteiger partial charge on any atom is 0.251 e. The smallest absolute Gasteiger partial charge is 0.251 e. The van der Waals surface area contributed by atoms with Gasteiger partial charge in [-0.1, -0.05) is 36.7 Å². The van der Waals surface area contributed by atoms with Gasteiger partial charge in [-0.05, 0) is 80.7 Å². The van der Waals surface area contributed by atoms with E-state index in [2.05, 4.69) is 32.8 Å². The normalized spacial score (nSPS) is 20.4. The largest absolute Gasteiger partial charge is 0.387 e. The minimum absolute atomic E-state index is 0.0261. The molecule has 0 spiro atoms. The number of nitrogens with one attached hydrogen (secondary N) is 4. The molecule has 43 heavy (non-hydrogen) atoms. The van der Waals surface area contributed by atoms with Crippen LogP contribution in [0.4, 0.5) is 11.6 Å². The summed E-state index contributed by atoms with van der Waals surface area (Å²) in [7, 11) is 1.84.